The number of amides is 1. The van der Waals surface area contributed by atoms with Crippen molar-refractivity contribution in [1.82, 2.24) is 4.90 Å². The van der Waals surface area contributed by atoms with E-state index in [-0.39, 0.29) is 32.5 Å². The molecule has 0 unspecified atom stereocenters. The third-order valence-electron chi connectivity index (χ3n) is 4.24. The van der Waals surface area contributed by atoms with E-state index in [0.29, 0.717) is 17.0 Å². The van der Waals surface area contributed by atoms with Crippen molar-refractivity contribution in [1.29, 1.82) is 0 Å². The molecule has 0 atom stereocenters. The maximum atomic E-state index is 13.0. The minimum absolute atomic E-state index is 0.0130. The van der Waals surface area contributed by atoms with E-state index in [1.54, 1.807) is 24.3 Å². The van der Waals surface area contributed by atoms with Crippen LogP contribution in [0.2, 0.25) is 0 Å². The summed E-state index contributed by atoms with van der Waals surface area (Å²) in [5.41, 5.74) is 0.517. The van der Waals surface area contributed by atoms with Crippen molar-refractivity contribution in [2.75, 3.05) is 23.9 Å². The highest BCUT2D eigenvalue weighted by Gasteiger charge is 2.45. The topological polar surface area (TPSA) is 57.7 Å². The van der Waals surface area contributed by atoms with Gasteiger partial charge in [0.1, 0.15) is 0 Å². The van der Waals surface area contributed by atoms with Gasteiger partial charge in [-0.2, -0.15) is 13.2 Å². The van der Waals surface area contributed by atoms with E-state index in [1.807, 2.05) is 6.92 Å². The lowest BCUT2D eigenvalue weighted by Gasteiger charge is -2.35. The van der Waals surface area contributed by atoms with E-state index < -0.39 is 27.4 Å². The Labute approximate surface area is 159 Å². The molecule has 1 fully saturated rings. The molecule has 0 aliphatic carbocycles. The second-order valence-electron chi connectivity index (χ2n) is 6.08. The summed E-state index contributed by atoms with van der Waals surface area (Å²) in [6, 6.07) is 6.83. The monoisotopic (exact) mass is 456 g/mol. The average molecular weight is 457 g/mol. The lowest BCUT2D eigenvalue weighted by atomic mass is 10.1. The Hall–Kier alpha value is -1.29. The van der Waals surface area contributed by atoms with Crippen molar-refractivity contribution in [2.45, 2.75) is 37.6 Å². The number of carbonyl (C=O) groups is 1. The SMILES string of the molecule is CCCN(c1ccc(Br)cc1)S(=O)(=O)C1CCN(C(=O)C(F)(F)F)CC1. The van der Waals surface area contributed by atoms with Gasteiger partial charge in [-0.15, -0.1) is 0 Å². The third-order valence-corrected chi connectivity index (χ3v) is 7.09. The molecule has 1 aliphatic rings. The quantitative estimate of drug-likeness (QED) is 0.680. The molecule has 146 valence electrons. The minimum Gasteiger partial charge on any atom is -0.335 e. The standard InChI is InChI=1S/C16H20BrF3N2O3S/c1-2-9-22(13-5-3-12(17)4-6-13)26(24,25)14-7-10-21(11-8-14)15(23)16(18,19)20/h3-6,14H,2,7-11H2,1H3. The molecule has 10 heteroatoms. The van der Waals surface area contributed by atoms with Crippen LogP contribution in [0.25, 0.3) is 0 Å². The molecular formula is C16H20BrF3N2O3S. The van der Waals surface area contributed by atoms with Crippen LogP contribution in [0.15, 0.2) is 28.7 Å². The van der Waals surface area contributed by atoms with Crippen LogP contribution < -0.4 is 4.31 Å². The molecule has 1 aliphatic heterocycles. The molecular weight excluding hydrogens is 437 g/mol. The predicted molar refractivity (Wildman–Crippen MR) is 96.4 cm³/mol. The Morgan fingerprint density at radius 3 is 2.23 bits per heavy atom. The van der Waals surface area contributed by atoms with E-state index in [1.165, 1.54) is 4.31 Å². The Morgan fingerprint density at radius 1 is 1.23 bits per heavy atom. The highest BCUT2D eigenvalue weighted by atomic mass is 79.9. The van der Waals surface area contributed by atoms with Gasteiger partial charge < -0.3 is 4.90 Å². The van der Waals surface area contributed by atoms with Crippen LogP contribution in [0.4, 0.5) is 18.9 Å². The van der Waals surface area contributed by atoms with Gasteiger partial charge in [-0.1, -0.05) is 22.9 Å². The summed E-state index contributed by atoms with van der Waals surface area (Å²) in [6.45, 7) is 1.70. The summed E-state index contributed by atoms with van der Waals surface area (Å²) in [4.78, 5) is 12.0. The van der Waals surface area contributed by atoms with Crippen LogP contribution >= 0.6 is 15.9 Å². The zero-order valence-electron chi connectivity index (χ0n) is 14.2. The fraction of sp³-hybridized carbons (Fsp3) is 0.562. The summed E-state index contributed by atoms with van der Waals surface area (Å²) in [7, 11) is -3.74. The molecule has 0 aromatic heterocycles. The van der Waals surface area contributed by atoms with E-state index in [4.69, 9.17) is 0 Å². The normalized spacial score (nSPS) is 16.6. The average Bonchev–Trinajstić information content (AvgIpc) is 2.59. The van der Waals surface area contributed by atoms with Gasteiger partial charge in [0.25, 0.3) is 0 Å². The number of carbonyl (C=O) groups excluding carboxylic acids is 1. The van der Waals surface area contributed by atoms with Crippen LogP contribution in [0, 0.1) is 0 Å². The summed E-state index contributed by atoms with van der Waals surface area (Å²) < 4.78 is 65.7. The van der Waals surface area contributed by atoms with Gasteiger partial charge in [-0.05, 0) is 43.5 Å². The first-order valence-corrected chi connectivity index (χ1v) is 10.5. The van der Waals surface area contributed by atoms with Crippen molar-refractivity contribution in [3.05, 3.63) is 28.7 Å². The van der Waals surface area contributed by atoms with Crippen LogP contribution in [-0.4, -0.2) is 50.3 Å². The zero-order chi connectivity index (χ0) is 19.5. The number of rotatable bonds is 5. The highest BCUT2D eigenvalue weighted by molar-refractivity contribution is 9.10. The second-order valence-corrected chi connectivity index (χ2v) is 9.14. The number of benzene rings is 1. The molecule has 26 heavy (non-hydrogen) atoms. The summed E-state index contributed by atoms with van der Waals surface area (Å²) >= 11 is 3.30. The highest BCUT2D eigenvalue weighted by Crippen LogP contribution is 2.29. The fourth-order valence-electron chi connectivity index (χ4n) is 2.93. The summed E-state index contributed by atoms with van der Waals surface area (Å²) in [6.07, 6.45) is -4.36. The van der Waals surface area contributed by atoms with Gasteiger partial charge in [-0.25, -0.2) is 8.42 Å². The van der Waals surface area contributed by atoms with Gasteiger partial charge in [0.05, 0.1) is 10.9 Å². The fourth-order valence-corrected chi connectivity index (χ4v) is 5.21. The molecule has 0 N–H and O–H groups in total. The number of alkyl halides is 3. The first kappa shape index (κ1) is 21.0. The van der Waals surface area contributed by atoms with Gasteiger partial charge in [0.15, 0.2) is 0 Å². The number of anilines is 1. The molecule has 0 saturated carbocycles. The molecule has 0 spiro atoms. The maximum Gasteiger partial charge on any atom is 0.471 e. The smallest absolute Gasteiger partial charge is 0.335 e. The Morgan fingerprint density at radius 2 is 1.77 bits per heavy atom. The largest absolute Gasteiger partial charge is 0.471 e. The van der Waals surface area contributed by atoms with Crippen LogP contribution in [0.1, 0.15) is 26.2 Å². The first-order valence-electron chi connectivity index (χ1n) is 8.20. The summed E-state index contributed by atoms with van der Waals surface area (Å²) in [5, 5.41) is -0.810. The molecule has 1 saturated heterocycles. The lowest BCUT2D eigenvalue weighted by molar-refractivity contribution is -0.186. The molecule has 1 aromatic carbocycles. The van der Waals surface area contributed by atoms with Gasteiger partial charge in [-0.3, -0.25) is 9.10 Å². The number of hydrogen-bond acceptors (Lipinski definition) is 3. The second kappa shape index (κ2) is 8.16. The Balaban J connectivity index is 2.15. The molecule has 5 nitrogen and oxygen atoms in total. The van der Waals surface area contributed by atoms with Crippen LogP contribution in [-0.2, 0) is 14.8 Å². The van der Waals surface area contributed by atoms with Crippen molar-refractivity contribution in [3.8, 4) is 0 Å². The molecule has 2 rings (SSSR count). The van der Waals surface area contributed by atoms with E-state index in [9.17, 15) is 26.4 Å². The number of hydrogen-bond donors (Lipinski definition) is 0. The van der Waals surface area contributed by atoms with Gasteiger partial charge in [0.2, 0.25) is 10.0 Å². The van der Waals surface area contributed by atoms with Crippen LogP contribution in [0.5, 0.6) is 0 Å². The first-order chi connectivity index (χ1) is 12.1. The van der Waals surface area contributed by atoms with E-state index >= 15 is 0 Å². The van der Waals surface area contributed by atoms with Gasteiger partial charge >= 0.3 is 12.1 Å². The molecule has 1 heterocycles. The van der Waals surface area contributed by atoms with Gasteiger partial charge in [0, 0.05) is 24.1 Å². The van der Waals surface area contributed by atoms with E-state index in [0.717, 1.165) is 4.47 Å². The summed E-state index contributed by atoms with van der Waals surface area (Å²) in [5.74, 6) is -1.91. The number of halogens is 4. The number of piperidine rings is 1. The molecule has 0 bridgehead atoms. The molecule has 1 aromatic rings. The third kappa shape index (κ3) is 4.70. The molecule has 1 amide bonds. The molecule has 0 radical (unpaired) electrons. The van der Waals surface area contributed by atoms with Crippen molar-refractivity contribution >= 4 is 37.5 Å². The number of sulfonamides is 1. The number of likely N-dealkylation sites (tertiary alicyclic amines) is 1. The zero-order valence-corrected chi connectivity index (χ0v) is 16.6. The number of nitrogens with zero attached hydrogens (tertiary/aromatic N) is 2. The lowest BCUT2D eigenvalue weighted by Crippen LogP contribution is -2.50. The maximum absolute atomic E-state index is 13.0. The van der Waals surface area contributed by atoms with Crippen molar-refractivity contribution in [2.24, 2.45) is 0 Å². The Bertz CT molecular complexity index is 730. The van der Waals surface area contributed by atoms with Crippen molar-refractivity contribution in [3.63, 3.8) is 0 Å². The van der Waals surface area contributed by atoms with E-state index in [2.05, 4.69) is 15.9 Å². The van der Waals surface area contributed by atoms with Crippen LogP contribution in [0.3, 0.4) is 0 Å². The minimum atomic E-state index is -4.93. The Kier molecular flexibility index (Phi) is 6.60. The predicted octanol–water partition coefficient (Wildman–Crippen LogP) is 3.55. The van der Waals surface area contributed by atoms with Crippen molar-refractivity contribution < 1.29 is 26.4 Å².